The Kier molecular flexibility index (Phi) is 3.71. The second-order valence-electron chi connectivity index (χ2n) is 5.47. The molecule has 3 nitrogen and oxygen atoms in total. The van der Waals surface area contributed by atoms with Crippen molar-refractivity contribution >= 4 is 5.91 Å². The molecular formula is C15H22N2O. The zero-order valence-electron chi connectivity index (χ0n) is 11.4. The number of hydrogen-bond acceptors (Lipinski definition) is 2. The van der Waals surface area contributed by atoms with Gasteiger partial charge in [-0.15, -0.1) is 0 Å². The zero-order valence-corrected chi connectivity index (χ0v) is 11.4. The fraction of sp³-hybridized carbons (Fsp3) is 0.533. The molecule has 0 aromatic heterocycles. The molecule has 1 aliphatic rings. The van der Waals surface area contributed by atoms with E-state index >= 15 is 0 Å². The number of aryl methyl sites for hydroxylation is 1. The molecule has 1 aromatic rings. The fourth-order valence-electron chi connectivity index (χ4n) is 2.61. The molecule has 1 unspecified atom stereocenters. The first-order chi connectivity index (χ1) is 8.52. The molecule has 2 N–H and O–H groups in total. The van der Waals surface area contributed by atoms with E-state index in [-0.39, 0.29) is 17.9 Å². The lowest BCUT2D eigenvalue weighted by Gasteiger charge is -2.29. The number of nitrogens with zero attached hydrogens (tertiary/aromatic N) is 1. The first-order valence-electron chi connectivity index (χ1n) is 6.62. The molecule has 2 atom stereocenters. The van der Waals surface area contributed by atoms with Crippen molar-refractivity contribution in [2.45, 2.75) is 38.8 Å². The monoisotopic (exact) mass is 246 g/mol. The van der Waals surface area contributed by atoms with E-state index in [2.05, 4.69) is 18.2 Å². The molecule has 2 rings (SSSR count). The van der Waals surface area contributed by atoms with Gasteiger partial charge in [0.1, 0.15) is 0 Å². The Balaban J connectivity index is 2.16. The van der Waals surface area contributed by atoms with Crippen LogP contribution in [-0.4, -0.2) is 23.9 Å². The van der Waals surface area contributed by atoms with E-state index in [9.17, 15) is 4.79 Å². The van der Waals surface area contributed by atoms with Crippen molar-refractivity contribution in [2.24, 2.45) is 11.7 Å². The van der Waals surface area contributed by atoms with Gasteiger partial charge in [0.05, 0.1) is 12.1 Å². The van der Waals surface area contributed by atoms with Crippen LogP contribution in [-0.2, 0) is 11.2 Å². The van der Waals surface area contributed by atoms with Gasteiger partial charge in [-0.2, -0.15) is 0 Å². The van der Waals surface area contributed by atoms with E-state index < -0.39 is 6.04 Å². The van der Waals surface area contributed by atoms with Gasteiger partial charge in [0, 0.05) is 7.05 Å². The van der Waals surface area contributed by atoms with Crippen molar-refractivity contribution in [3.05, 3.63) is 35.4 Å². The van der Waals surface area contributed by atoms with Crippen molar-refractivity contribution in [1.29, 1.82) is 0 Å². The summed E-state index contributed by atoms with van der Waals surface area (Å²) < 4.78 is 0. The Hall–Kier alpha value is -1.35. The van der Waals surface area contributed by atoms with Crippen LogP contribution in [0.2, 0.25) is 0 Å². The number of amides is 1. The molecule has 1 aromatic carbocycles. The summed E-state index contributed by atoms with van der Waals surface area (Å²) in [6.07, 6.45) is 2.06. The van der Waals surface area contributed by atoms with Crippen molar-refractivity contribution in [3.63, 3.8) is 0 Å². The van der Waals surface area contributed by atoms with Gasteiger partial charge in [0.15, 0.2) is 0 Å². The fourth-order valence-corrected chi connectivity index (χ4v) is 2.61. The van der Waals surface area contributed by atoms with Gasteiger partial charge in [-0.3, -0.25) is 4.79 Å². The normalized spacial score (nSPS) is 19.7. The van der Waals surface area contributed by atoms with E-state index in [0.29, 0.717) is 0 Å². The molecular weight excluding hydrogens is 224 g/mol. The van der Waals surface area contributed by atoms with Crippen LogP contribution >= 0.6 is 0 Å². The topological polar surface area (TPSA) is 46.3 Å². The molecule has 0 fully saturated rings. The number of hydrogen-bond donors (Lipinski definition) is 1. The van der Waals surface area contributed by atoms with Crippen LogP contribution in [0.15, 0.2) is 24.3 Å². The molecule has 0 saturated heterocycles. The summed E-state index contributed by atoms with van der Waals surface area (Å²) in [6, 6.07) is 8.16. The second-order valence-corrected chi connectivity index (χ2v) is 5.47. The third-order valence-corrected chi connectivity index (χ3v) is 3.92. The van der Waals surface area contributed by atoms with Crippen LogP contribution in [0.1, 0.15) is 37.4 Å². The number of carbonyl (C=O) groups excluding carboxylic acids is 1. The van der Waals surface area contributed by atoms with E-state index in [1.54, 1.807) is 0 Å². The molecule has 0 saturated carbocycles. The van der Waals surface area contributed by atoms with Gasteiger partial charge in [-0.25, -0.2) is 0 Å². The van der Waals surface area contributed by atoms with Crippen LogP contribution in [0.5, 0.6) is 0 Å². The summed E-state index contributed by atoms with van der Waals surface area (Å²) in [7, 11) is 1.87. The lowest BCUT2D eigenvalue weighted by molar-refractivity contribution is -0.134. The van der Waals surface area contributed by atoms with Crippen molar-refractivity contribution in [3.8, 4) is 0 Å². The van der Waals surface area contributed by atoms with Gasteiger partial charge in [0.25, 0.3) is 0 Å². The Morgan fingerprint density at radius 1 is 1.39 bits per heavy atom. The highest BCUT2D eigenvalue weighted by atomic mass is 16.2. The van der Waals surface area contributed by atoms with Crippen molar-refractivity contribution in [2.75, 3.05) is 7.05 Å². The van der Waals surface area contributed by atoms with Gasteiger partial charge < -0.3 is 10.6 Å². The van der Waals surface area contributed by atoms with Crippen molar-refractivity contribution in [1.82, 2.24) is 4.90 Å². The molecule has 3 heteroatoms. The lowest BCUT2D eigenvalue weighted by Crippen LogP contribution is -2.45. The van der Waals surface area contributed by atoms with Crippen LogP contribution in [0.25, 0.3) is 0 Å². The summed E-state index contributed by atoms with van der Waals surface area (Å²) >= 11 is 0. The number of carbonyl (C=O) groups is 1. The van der Waals surface area contributed by atoms with E-state index in [1.165, 1.54) is 11.1 Å². The average molecular weight is 246 g/mol. The first-order valence-corrected chi connectivity index (χ1v) is 6.62. The predicted octanol–water partition coefficient (Wildman–Crippen LogP) is 2.12. The summed E-state index contributed by atoms with van der Waals surface area (Å²) in [6.45, 7) is 3.97. The minimum absolute atomic E-state index is 0.0479. The average Bonchev–Trinajstić information content (AvgIpc) is 2.79. The molecule has 0 bridgehead atoms. The maximum absolute atomic E-state index is 12.3. The number of benzene rings is 1. The Labute approximate surface area is 109 Å². The summed E-state index contributed by atoms with van der Waals surface area (Å²) in [5, 5.41) is 0. The summed E-state index contributed by atoms with van der Waals surface area (Å²) in [5.41, 5.74) is 8.60. The third-order valence-electron chi connectivity index (χ3n) is 3.92. The molecule has 18 heavy (non-hydrogen) atoms. The molecule has 0 radical (unpaired) electrons. The van der Waals surface area contributed by atoms with Gasteiger partial charge >= 0.3 is 0 Å². The maximum Gasteiger partial charge on any atom is 0.240 e. The second kappa shape index (κ2) is 5.11. The van der Waals surface area contributed by atoms with E-state index in [1.807, 2.05) is 31.9 Å². The number of fused-ring (bicyclic) bond motifs is 1. The first kappa shape index (κ1) is 13.1. The molecule has 0 heterocycles. The maximum atomic E-state index is 12.3. The number of likely N-dealkylation sites (N-methyl/N-ethyl adjacent to an activating group) is 1. The Morgan fingerprint density at radius 2 is 2.06 bits per heavy atom. The predicted molar refractivity (Wildman–Crippen MR) is 73.1 cm³/mol. The smallest absolute Gasteiger partial charge is 0.240 e. The summed E-state index contributed by atoms with van der Waals surface area (Å²) in [4.78, 5) is 14.1. The van der Waals surface area contributed by atoms with Gasteiger partial charge in [-0.1, -0.05) is 38.1 Å². The molecule has 1 amide bonds. The highest BCUT2D eigenvalue weighted by Crippen LogP contribution is 2.35. The van der Waals surface area contributed by atoms with E-state index in [4.69, 9.17) is 5.73 Å². The number of nitrogens with two attached hydrogens (primary N) is 1. The minimum Gasteiger partial charge on any atom is -0.337 e. The lowest BCUT2D eigenvalue weighted by atomic mass is 10.0. The highest BCUT2D eigenvalue weighted by molar-refractivity contribution is 5.82. The zero-order chi connectivity index (χ0) is 13.3. The minimum atomic E-state index is -0.400. The van der Waals surface area contributed by atoms with E-state index in [0.717, 1.165) is 12.8 Å². The Morgan fingerprint density at radius 3 is 2.72 bits per heavy atom. The van der Waals surface area contributed by atoms with Gasteiger partial charge in [0.2, 0.25) is 5.91 Å². The largest absolute Gasteiger partial charge is 0.337 e. The molecule has 98 valence electrons. The van der Waals surface area contributed by atoms with Crippen LogP contribution in [0, 0.1) is 5.92 Å². The SMILES string of the molecule is CC(C)[C@@H](N)C(=O)N(C)C1CCc2ccccc21. The van der Waals surface area contributed by atoms with Crippen molar-refractivity contribution < 1.29 is 4.79 Å². The van der Waals surface area contributed by atoms with Gasteiger partial charge in [-0.05, 0) is 29.9 Å². The Bertz CT molecular complexity index is 442. The van der Waals surface area contributed by atoms with Crippen LogP contribution < -0.4 is 5.73 Å². The molecule has 0 aliphatic heterocycles. The number of rotatable bonds is 3. The summed E-state index contributed by atoms with van der Waals surface area (Å²) in [5.74, 6) is 0.225. The standard InChI is InChI=1S/C15H22N2O/c1-10(2)14(16)15(18)17(3)13-9-8-11-6-4-5-7-12(11)13/h4-7,10,13-14H,8-9,16H2,1-3H3/t13?,14-/m1/s1. The quantitative estimate of drug-likeness (QED) is 0.888. The molecule has 0 spiro atoms. The molecule has 1 aliphatic carbocycles. The van der Waals surface area contributed by atoms with Crippen LogP contribution in [0.3, 0.4) is 0 Å². The van der Waals surface area contributed by atoms with Crippen LogP contribution in [0.4, 0.5) is 0 Å². The highest BCUT2D eigenvalue weighted by Gasteiger charge is 2.31. The third kappa shape index (κ3) is 2.27.